The Bertz CT molecular complexity index is 815. The minimum Gasteiger partial charge on any atom is -0.480 e. The Balaban J connectivity index is 1.74. The molecule has 148 valence electrons. The van der Waals surface area contributed by atoms with Gasteiger partial charge in [-0.2, -0.15) is 0 Å². The second kappa shape index (κ2) is 9.16. The van der Waals surface area contributed by atoms with Gasteiger partial charge in [-0.1, -0.05) is 30.3 Å². The average Bonchev–Trinajstić information content (AvgIpc) is 2.72. The summed E-state index contributed by atoms with van der Waals surface area (Å²) in [6.07, 6.45) is 2.40. The van der Waals surface area contributed by atoms with Crippen molar-refractivity contribution >= 4 is 28.0 Å². The summed E-state index contributed by atoms with van der Waals surface area (Å²) in [4.78, 5) is 29.6. The minimum absolute atomic E-state index is 0.176. The number of carbonyl (C=O) groups is 2. The lowest BCUT2D eigenvalue weighted by atomic mass is 9.89. The number of rotatable bonds is 6. The highest BCUT2D eigenvalue weighted by atomic mass is 79.9. The molecule has 0 radical (unpaired) electrons. The van der Waals surface area contributed by atoms with Gasteiger partial charge in [-0.25, -0.2) is 9.59 Å². The standard InChI is InChI=1S/C20H21BrN2O5/c21-16-7-8-17(22-11-16)20(28-13-18(24)25)9-4-10-23(14-20)19(26)27-12-15-5-2-1-3-6-15/h1-3,5-8,11H,4,9-10,12-14H2,(H,24,25). The maximum Gasteiger partial charge on any atom is 0.410 e. The second-order valence-corrected chi connectivity index (χ2v) is 7.52. The van der Waals surface area contributed by atoms with Crippen molar-refractivity contribution in [3.05, 3.63) is 64.4 Å². The van der Waals surface area contributed by atoms with Gasteiger partial charge < -0.3 is 19.5 Å². The normalized spacial score (nSPS) is 19.2. The summed E-state index contributed by atoms with van der Waals surface area (Å²) >= 11 is 3.35. The van der Waals surface area contributed by atoms with Crippen LogP contribution in [-0.2, 0) is 26.5 Å². The fourth-order valence-electron chi connectivity index (χ4n) is 3.23. The number of pyridine rings is 1. The molecular weight excluding hydrogens is 428 g/mol. The maximum atomic E-state index is 12.6. The third-order valence-corrected chi connectivity index (χ3v) is 5.05. The largest absolute Gasteiger partial charge is 0.480 e. The second-order valence-electron chi connectivity index (χ2n) is 6.60. The summed E-state index contributed by atoms with van der Waals surface area (Å²) in [6, 6.07) is 13.0. The minimum atomic E-state index is -1.07. The Kier molecular flexibility index (Phi) is 6.64. The molecule has 3 rings (SSSR count). The number of carbonyl (C=O) groups excluding carboxylic acids is 1. The zero-order valence-corrected chi connectivity index (χ0v) is 16.8. The Morgan fingerprint density at radius 3 is 2.68 bits per heavy atom. The Morgan fingerprint density at radius 1 is 1.21 bits per heavy atom. The van der Waals surface area contributed by atoms with E-state index in [0.717, 1.165) is 10.0 Å². The fraction of sp³-hybridized carbons (Fsp3) is 0.350. The lowest BCUT2D eigenvalue weighted by molar-refractivity contribution is -0.155. The predicted molar refractivity (Wildman–Crippen MR) is 105 cm³/mol. The fourth-order valence-corrected chi connectivity index (χ4v) is 3.47. The van der Waals surface area contributed by atoms with E-state index in [1.54, 1.807) is 17.2 Å². The van der Waals surface area contributed by atoms with Crippen molar-refractivity contribution in [2.75, 3.05) is 19.7 Å². The number of ether oxygens (including phenoxy) is 2. The van der Waals surface area contributed by atoms with Gasteiger partial charge >= 0.3 is 12.1 Å². The predicted octanol–water partition coefficient (Wildman–Crippen LogP) is 3.57. The lowest BCUT2D eigenvalue weighted by Crippen LogP contribution is -2.51. The topological polar surface area (TPSA) is 89.0 Å². The van der Waals surface area contributed by atoms with Gasteiger partial charge in [0.15, 0.2) is 0 Å². The van der Waals surface area contributed by atoms with Crippen molar-refractivity contribution in [2.45, 2.75) is 25.0 Å². The molecule has 1 N–H and O–H groups in total. The first-order valence-corrected chi connectivity index (χ1v) is 9.71. The average molecular weight is 449 g/mol. The number of amides is 1. The van der Waals surface area contributed by atoms with Crippen molar-refractivity contribution in [1.82, 2.24) is 9.88 Å². The number of piperidine rings is 1. The highest BCUT2D eigenvalue weighted by Gasteiger charge is 2.42. The van der Waals surface area contributed by atoms with Crippen molar-refractivity contribution in [3.63, 3.8) is 0 Å². The van der Waals surface area contributed by atoms with E-state index in [9.17, 15) is 9.59 Å². The molecule has 1 amide bonds. The molecular formula is C20H21BrN2O5. The number of carboxylic acids is 1. The van der Waals surface area contributed by atoms with Crippen molar-refractivity contribution < 1.29 is 24.2 Å². The number of halogens is 1. The zero-order chi connectivity index (χ0) is 20.0. The molecule has 0 spiro atoms. The molecule has 1 aromatic heterocycles. The SMILES string of the molecule is O=C(O)COC1(c2ccc(Br)cn2)CCCN(C(=O)OCc2ccccc2)C1. The van der Waals surface area contributed by atoms with E-state index in [4.69, 9.17) is 14.6 Å². The number of nitrogens with zero attached hydrogens (tertiary/aromatic N) is 2. The molecule has 2 aromatic rings. The van der Waals surface area contributed by atoms with E-state index < -0.39 is 24.3 Å². The van der Waals surface area contributed by atoms with Gasteiger partial charge in [-0.05, 0) is 46.5 Å². The van der Waals surface area contributed by atoms with Crippen LogP contribution in [0.4, 0.5) is 4.79 Å². The van der Waals surface area contributed by atoms with Crippen LogP contribution in [0.25, 0.3) is 0 Å². The van der Waals surface area contributed by atoms with Crippen molar-refractivity contribution in [3.8, 4) is 0 Å². The third-order valence-electron chi connectivity index (χ3n) is 4.58. The van der Waals surface area contributed by atoms with Crippen LogP contribution >= 0.6 is 15.9 Å². The van der Waals surface area contributed by atoms with Crippen LogP contribution in [0.2, 0.25) is 0 Å². The molecule has 1 aromatic carbocycles. The van der Waals surface area contributed by atoms with Gasteiger partial charge in [0.2, 0.25) is 0 Å². The first-order chi connectivity index (χ1) is 13.5. The van der Waals surface area contributed by atoms with E-state index >= 15 is 0 Å². The van der Waals surface area contributed by atoms with Crippen molar-refractivity contribution in [1.29, 1.82) is 0 Å². The molecule has 2 heterocycles. The number of carboxylic acid groups (broad SMARTS) is 1. The van der Waals surface area contributed by atoms with Gasteiger partial charge in [0.25, 0.3) is 0 Å². The summed E-state index contributed by atoms with van der Waals surface area (Å²) < 4.78 is 12.0. The number of benzene rings is 1. The zero-order valence-electron chi connectivity index (χ0n) is 15.2. The highest BCUT2D eigenvalue weighted by molar-refractivity contribution is 9.10. The number of likely N-dealkylation sites (tertiary alicyclic amines) is 1. The number of hydrogen-bond acceptors (Lipinski definition) is 5. The summed E-state index contributed by atoms with van der Waals surface area (Å²) in [5, 5.41) is 9.08. The highest BCUT2D eigenvalue weighted by Crippen LogP contribution is 2.35. The van der Waals surface area contributed by atoms with Crippen LogP contribution in [0.5, 0.6) is 0 Å². The molecule has 1 aliphatic rings. The first-order valence-electron chi connectivity index (χ1n) is 8.92. The quantitative estimate of drug-likeness (QED) is 0.726. The van der Waals surface area contributed by atoms with Crippen LogP contribution < -0.4 is 0 Å². The van der Waals surface area contributed by atoms with Gasteiger partial charge in [0.1, 0.15) is 18.8 Å². The summed E-state index contributed by atoms with van der Waals surface area (Å²) in [5.41, 5.74) is 0.511. The number of aliphatic carboxylic acids is 1. The van der Waals surface area contributed by atoms with Gasteiger partial charge in [-0.3, -0.25) is 4.98 Å². The summed E-state index contributed by atoms with van der Waals surface area (Å²) in [5.74, 6) is -1.07. The van der Waals surface area contributed by atoms with E-state index in [0.29, 0.717) is 25.1 Å². The maximum absolute atomic E-state index is 12.6. The molecule has 1 fully saturated rings. The third kappa shape index (κ3) is 5.08. The van der Waals surface area contributed by atoms with Crippen LogP contribution in [0.1, 0.15) is 24.1 Å². The molecule has 0 bridgehead atoms. The molecule has 1 aliphatic heterocycles. The lowest BCUT2D eigenvalue weighted by Gasteiger charge is -2.41. The smallest absolute Gasteiger partial charge is 0.410 e. The molecule has 0 aliphatic carbocycles. The van der Waals surface area contributed by atoms with Gasteiger partial charge in [-0.15, -0.1) is 0 Å². The van der Waals surface area contributed by atoms with Crippen LogP contribution in [0.15, 0.2) is 53.1 Å². The van der Waals surface area contributed by atoms with Crippen LogP contribution in [0.3, 0.4) is 0 Å². The van der Waals surface area contributed by atoms with Crippen molar-refractivity contribution in [2.24, 2.45) is 0 Å². The molecule has 8 heteroatoms. The van der Waals surface area contributed by atoms with E-state index in [-0.39, 0.29) is 13.2 Å². The summed E-state index contributed by atoms with van der Waals surface area (Å²) in [7, 11) is 0. The molecule has 1 atom stereocenters. The molecule has 1 unspecified atom stereocenters. The van der Waals surface area contributed by atoms with E-state index in [1.165, 1.54) is 0 Å². The monoisotopic (exact) mass is 448 g/mol. The van der Waals surface area contributed by atoms with E-state index in [2.05, 4.69) is 20.9 Å². The van der Waals surface area contributed by atoms with Gasteiger partial charge in [0.05, 0.1) is 12.2 Å². The summed E-state index contributed by atoms with van der Waals surface area (Å²) in [6.45, 7) is 0.408. The molecule has 1 saturated heterocycles. The Morgan fingerprint density at radius 2 is 2.00 bits per heavy atom. The van der Waals surface area contributed by atoms with Crippen LogP contribution in [0, 0.1) is 0 Å². The Labute approximate surface area is 171 Å². The molecule has 0 saturated carbocycles. The van der Waals surface area contributed by atoms with Gasteiger partial charge in [0, 0.05) is 17.2 Å². The van der Waals surface area contributed by atoms with Crippen LogP contribution in [-0.4, -0.2) is 46.7 Å². The first kappa shape index (κ1) is 20.3. The molecule has 28 heavy (non-hydrogen) atoms. The van der Waals surface area contributed by atoms with E-state index in [1.807, 2.05) is 36.4 Å². The number of hydrogen-bond donors (Lipinski definition) is 1. The molecule has 7 nitrogen and oxygen atoms in total. The number of aromatic nitrogens is 1. The Hall–Kier alpha value is -2.45.